The topological polar surface area (TPSA) is 110 Å². The summed E-state index contributed by atoms with van der Waals surface area (Å²) in [6, 6.07) is 9.86. The lowest BCUT2D eigenvalue weighted by molar-refractivity contribution is -0.138. The molecule has 0 aromatic heterocycles. The van der Waals surface area contributed by atoms with E-state index in [1.165, 1.54) is 11.1 Å². The molecule has 41 heavy (non-hydrogen) atoms. The van der Waals surface area contributed by atoms with E-state index in [4.69, 9.17) is 14.6 Å². The zero-order valence-electron chi connectivity index (χ0n) is 24.6. The predicted octanol–water partition coefficient (Wildman–Crippen LogP) is 7.38. The number of fused-ring (bicyclic) bond motifs is 1. The third-order valence-corrected chi connectivity index (χ3v) is 7.73. The molecular formula is C34H46O7. The van der Waals surface area contributed by atoms with Crippen LogP contribution in [-0.2, 0) is 35.3 Å². The van der Waals surface area contributed by atoms with Crippen LogP contribution in [0.5, 0.6) is 11.5 Å². The van der Waals surface area contributed by atoms with E-state index in [1.54, 1.807) is 0 Å². The summed E-state index contributed by atoms with van der Waals surface area (Å²) >= 11 is 0. The Morgan fingerprint density at radius 1 is 0.732 bits per heavy atom. The number of aliphatic carboxylic acids is 2. The maximum atomic E-state index is 12.3. The number of unbranched alkanes of at least 4 members (excludes halogenated alkanes) is 5. The zero-order valence-corrected chi connectivity index (χ0v) is 24.6. The number of rotatable bonds is 20. The van der Waals surface area contributed by atoms with Crippen molar-refractivity contribution < 1.29 is 34.1 Å². The van der Waals surface area contributed by atoms with E-state index >= 15 is 0 Å². The van der Waals surface area contributed by atoms with Gasteiger partial charge in [0.05, 0.1) is 13.2 Å². The van der Waals surface area contributed by atoms with Gasteiger partial charge >= 0.3 is 11.9 Å². The van der Waals surface area contributed by atoms with Gasteiger partial charge < -0.3 is 19.7 Å². The fourth-order valence-corrected chi connectivity index (χ4v) is 5.62. The lowest BCUT2D eigenvalue weighted by Gasteiger charge is -2.21. The van der Waals surface area contributed by atoms with Crippen molar-refractivity contribution in [3.63, 3.8) is 0 Å². The molecule has 1 aliphatic rings. The normalized spacial score (nSPS) is 12.7. The standard InChI is InChI=1S/C34H46O7/c1-2-12-29-27-15-11-16-30(35)28(27)19-21-32(29)41-23-8-4-3-6-13-25-14-10-17-31(26(25)20-22-34(38)39)40-24-9-5-7-18-33(36)37/h10,14,17,19,21H,2-9,11-13,15-16,18,20,22-24H2,1H3,(H,36,37)(H,38,39). The average molecular weight is 567 g/mol. The first-order chi connectivity index (χ1) is 19.9. The second kappa shape index (κ2) is 17.5. The lowest BCUT2D eigenvalue weighted by Crippen LogP contribution is -2.14. The van der Waals surface area contributed by atoms with Crippen molar-refractivity contribution in [2.45, 2.75) is 110 Å². The average Bonchev–Trinajstić information content (AvgIpc) is 2.94. The second-order valence-corrected chi connectivity index (χ2v) is 10.9. The number of hydrogen-bond donors (Lipinski definition) is 2. The Morgan fingerprint density at radius 2 is 1.41 bits per heavy atom. The van der Waals surface area contributed by atoms with Crippen LogP contribution in [0.15, 0.2) is 30.3 Å². The third kappa shape index (κ3) is 10.5. The number of Topliss-reactive ketones (excluding diaryl/α,β-unsaturated/α-hetero) is 1. The monoisotopic (exact) mass is 566 g/mol. The summed E-state index contributed by atoms with van der Waals surface area (Å²) in [7, 11) is 0. The molecule has 2 aromatic carbocycles. The largest absolute Gasteiger partial charge is 0.493 e. The smallest absolute Gasteiger partial charge is 0.303 e. The molecule has 7 heteroatoms. The number of ether oxygens (including phenoxy) is 2. The molecule has 0 aliphatic heterocycles. The molecule has 0 radical (unpaired) electrons. The molecule has 7 nitrogen and oxygen atoms in total. The quantitative estimate of drug-likeness (QED) is 0.161. The number of carbonyl (C=O) groups is 3. The van der Waals surface area contributed by atoms with Gasteiger partial charge in [0.15, 0.2) is 5.78 Å². The first kappa shape index (κ1) is 32.2. The van der Waals surface area contributed by atoms with E-state index in [1.807, 2.05) is 24.3 Å². The van der Waals surface area contributed by atoms with Crippen LogP contribution in [0.2, 0.25) is 0 Å². The number of benzene rings is 2. The summed E-state index contributed by atoms with van der Waals surface area (Å²) in [4.78, 5) is 34.3. The summed E-state index contributed by atoms with van der Waals surface area (Å²) in [5.41, 5.74) is 5.41. The van der Waals surface area contributed by atoms with E-state index in [0.717, 1.165) is 98.8 Å². The van der Waals surface area contributed by atoms with E-state index in [-0.39, 0.29) is 18.6 Å². The number of carbonyl (C=O) groups excluding carboxylic acids is 1. The Hall–Kier alpha value is -3.35. The highest BCUT2D eigenvalue weighted by Crippen LogP contribution is 2.32. The fraction of sp³-hybridized carbons (Fsp3) is 0.559. The van der Waals surface area contributed by atoms with E-state index in [2.05, 4.69) is 13.0 Å². The number of carboxylic acids is 2. The van der Waals surface area contributed by atoms with Crippen LogP contribution in [0, 0.1) is 0 Å². The van der Waals surface area contributed by atoms with Gasteiger partial charge in [0, 0.05) is 24.8 Å². The van der Waals surface area contributed by atoms with Crippen molar-refractivity contribution in [3.05, 3.63) is 58.1 Å². The van der Waals surface area contributed by atoms with Gasteiger partial charge in [-0.25, -0.2) is 0 Å². The lowest BCUT2D eigenvalue weighted by atomic mass is 9.85. The highest BCUT2D eigenvalue weighted by molar-refractivity contribution is 5.99. The molecule has 0 saturated heterocycles. The maximum Gasteiger partial charge on any atom is 0.303 e. The molecule has 0 saturated carbocycles. The van der Waals surface area contributed by atoms with Crippen LogP contribution in [0.3, 0.4) is 0 Å². The van der Waals surface area contributed by atoms with Gasteiger partial charge in [-0.05, 0) is 105 Å². The van der Waals surface area contributed by atoms with Gasteiger partial charge in [-0.15, -0.1) is 0 Å². The Bertz CT molecular complexity index is 1150. The van der Waals surface area contributed by atoms with Crippen LogP contribution >= 0.6 is 0 Å². The van der Waals surface area contributed by atoms with Crippen molar-refractivity contribution >= 4 is 17.7 Å². The minimum absolute atomic E-state index is 0.0558. The van der Waals surface area contributed by atoms with E-state index < -0.39 is 11.9 Å². The Kier molecular flexibility index (Phi) is 13.7. The molecule has 0 amide bonds. The van der Waals surface area contributed by atoms with Crippen LogP contribution in [-0.4, -0.2) is 41.1 Å². The van der Waals surface area contributed by atoms with Crippen LogP contribution in [0.4, 0.5) is 0 Å². The predicted molar refractivity (Wildman–Crippen MR) is 159 cm³/mol. The van der Waals surface area contributed by atoms with Gasteiger partial charge in [-0.1, -0.05) is 38.3 Å². The van der Waals surface area contributed by atoms with Crippen molar-refractivity contribution in [3.8, 4) is 11.5 Å². The van der Waals surface area contributed by atoms with Gasteiger partial charge in [0.2, 0.25) is 0 Å². The zero-order chi connectivity index (χ0) is 29.5. The van der Waals surface area contributed by atoms with Crippen LogP contribution in [0.25, 0.3) is 0 Å². The molecule has 1 aliphatic carbocycles. The Balaban J connectivity index is 1.46. The summed E-state index contributed by atoms with van der Waals surface area (Å²) in [5, 5.41) is 18.0. The minimum atomic E-state index is -0.827. The van der Waals surface area contributed by atoms with Crippen molar-refractivity contribution in [2.24, 2.45) is 0 Å². The molecular weight excluding hydrogens is 520 g/mol. The summed E-state index contributed by atoms with van der Waals surface area (Å²) in [6.07, 6.45) is 12.2. The first-order valence-corrected chi connectivity index (χ1v) is 15.4. The summed E-state index contributed by atoms with van der Waals surface area (Å²) < 4.78 is 12.2. The number of carboxylic acid groups (broad SMARTS) is 2. The van der Waals surface area contributed by atoms with Crippen molar-refractivity contribution in [1.82, 2.24) is 0 Å². The van der Waals surface area contributed by atoms with Crippen molar-refractivity contribution in [1.29, 1.82) is 0 Å². The molecule has 0 fully saturated rings. The maximum absolute atomic E-state index is 12.3. The second-order valence-electron chi connectivity index (χ2n) is 10.9. The third-order valence-electron chi connectivity index (χ3n) is 7.73. The van der Waals surface area contributed by atoms with Crippen LogP contribution in [0.1, 0.15) is 117 Å². The molecule has 3 rings (SSSR count). The highest BCUT2D eigenvalue weighted by Gasteiger charge is 2.22. The van der Waals surface area contributed by atoms with Crippen molar-refractivity contribution in [2.75, 3.05) is 13.2 Å². The summed E-state index contributed by atoms with van der Waals surface area (Å²) in [5.74, 6) is 0.321. The SMILES string of the molecule is CCCc1c(OCCCCCCc2cccc(OCCCCCC(=O)O)c2CCC(=O)O)ccc2c1CCCC2=O. The molecule has 2 aromatic rings. The molecule has 224 valence electrons. The molecule has 0 unspecified atom stereocenters. The van der Waals surface area contributed by atoms with Gasteiger partial charge in [-0.2, -0.15) is 0 Å². The van der Waals surface area contributed by atoms with E-state index in [0.29, 0.717) is 32.5 Å². The fourth-order valence-electron chi connectivity index (χ4n) is 5.62. The Labute approximate surface area is 244 Å². The molecule has 0 atom stereocenters. The molecule has 0 heterocycles. The number of hydrogen-bond acceptors (Lipinski definition) is 5. The number of aryl methyl sites for hydroxylation is 1. The summed E-state index contributed by atoms with van der Waals surface area (Å²) in [6.45, 7) is 3.31. The molecule has 2 N–H and O–H groups in total. The molecule has 0 bridgehead atoms. The highest BCUT2D eigenvalue weighted by atomic mass is 16.5. The van der Waals surface area contributed by atoms with Gasteiger partial charge in [-0.3, -0.25) is 14.4 Å². The van der Waals surface area contributed by atoms with Gasteiger partial charge in [0.25, 0.3) is 0 Å². The molecule has 0 spiro atoms. The Morgan fingerprint density at radius 3 is 2.12 bits per heavy atom. The van der Waals surface area contributed by atoms with Crippen LogP contribution < -0.4 is 9.47 Å². The van der Waals surface area contributed by atoms with E-state index in [9.17, 15) is 19.5 Å². The number of ketones is 1. The first-order valence-electron chi connectivity index (χ1n) is 15.4. The van der Waals surface area contributed by atoms with Gasteiger partial charge in [0.1, 0.15) is 11.5 Å². The minimum Gasteiger partial charge on any atom is -0.493 e.